The van der Waals surface area contributed by atoms with Crippen LogP contribution >= 0.6 is 24.8 Å². The van der Waals surface area contributed by atoms with Gasteiger partial charge in [-0.1, -0.05) is 20.8 Å². The Kier molecular flexibility index (Phi) is 12.0. The monoisotopic (exact) mass is 434 g/mol. The van der Waals surface area contributed by atoms with Crippen molar-refractivity contribution < 1.29 is 9.59 Å². The summed E-state index contributed by atoms with van der Waals surface area (Å²) >= 11 is 0. The summed E-state index contributed by atoms with van der Waals surface area (Å²) < 4.78 is 0. The van der Waals surface area contributed by atoms with Crippen LogP contribution in [0.5, 0.6) is 0 Å². The molecule has 2 heterocycles. The third-order valence-corrected chi connectivity index (χ3v) is 4.70. The van der Waals surface area contributed by atoms with Crippen molar-refractivity contribution >= 4 is 42.4 Å². The molecule has 2 amide bonds. The van der Waals surface area contributed by atoms with Gasteiger partial charge in [0.25, 0.3) is 0 Å². The van der Waals surface area contributed by atoms with E-state index in [-0.39, 0.29) is 55.1 Å². The lowest BCUT2D eigenvalue weighted by Crippen LogP contribution is -2.50. The maximum absolute atomic E-state index is 12.0. The fraction of sp³-hybridized carbons (Fsp3) is 0.667. The number of piperidine rings is 1. The molecule has 10 heteroatoms. The van der Waals surface area contributed by atoms with Gasteiger partial charge in [-0.2, -0.15) is 0 Å². The Morgan fingerprint density at radius 3 is 2.46 bits per heavy atom. The van der Waals surface area contributed by atoms with Crippen molar-refractivity contribution in [2.45, 2.75) is 52.1 Å². The van der Waals surface area contributed by atoms with Gasteiger partial charge in [-0.05, 0) is 25.2 Å². The quantitative estimate of drug-likeness (QED) is 0.591. The summed E-state index contributed by atoms with van der Waals surface area (Å²) in [4.78, 5) is 34.6. The van der Waals surface area contributed by atoms with E-state index in [0.29, 0.717) is 0 Å². The van der Waals surface area contributed by atoms with Gasteiger partial charge in [-0.3, -0.25) is 9.59 Å². The number of halogens is 2. The molecule has 0 radical (unpaired) electrons. The lowest BCUT2D eigenvalue weighted by molar-refractivity contribution is -0.127. The van der Waals surface area contributed by atoms with Crippen molar-refractivity contribution in [2.75, 3.05) is 24.5 Å². The van der Waals surface area contributed by atoms with Crippen molar-refractivity contribution in [2.24, 2.45) is 11.7 Å². The molecule has 1 fully saturated rings. The molecule has 0 unspecified atom stereocenters. The first kappa shape index (κ1) is 26.4. The van der Waals surface area contributed by atoms with E-state index in [0.717, 1.165) is 43.9 Å². The maximum Gasteiger partial charge on any atom is 0.239 e. The summed E-state index contributed by atoms with van der Waals surface area (Å²) in [7, 11) is 0. The van der Waals surface area contributed by atoms with E-state index in [1.807, 2.05) is 19.9 Å². The standard InChI is InChI=1S/C18H30N6O2.2ClH/c1-4-13-9-15(22-11-21-13)24-7-5-14(6-8-24)23-16(25)10-20-18(26)17(19)12(2)3;;/h9,11-12,14,17H,4-8,10,19H2,1-3H3,(H,20,26)(H,23,25);2*1H/t17-;;/m0../s1. The van der Waals surface area contributed by atoms with Crippen LogP contribution in [0.15, 0.2) is 12.4 Å². The van der Waals surface area contributed by atoms with Crippen LogP contribution < -0.4 is 21.3 Å². The molecule has 0 aromatic carbocycles. The minimum atomic E-state index is -0.591. The second kappa shape index (κ2) is 12.7. The molecule has 1 aromatic heterocycles. The summed E-state index contributed by atoms with van der Waals surface area (Å²) in [6, 6.07) is 1.54. The SMILES string of the molecule is CCc1cc(N2CCC(NC(=O)CNC(=O)[C@@H](N)C(C)C)CC2)ncn1.Cl.Cl. The van der Waals surface area contributed by atoms with E-state index in [9.17, 15) is 9.59 Å². The van der Waals surface area contributed by atoms with Crippen LogP contribution in [0.1, 0.15) is 39.3 Å². The normalized spacial score (nSPS) is 15.2. The Morgan fingerprint density at radius 2 is 1.89 bits per heavy atom. The first-order chi connectivity index (χ1) is 12.4. The zero-order chi connectivity index (χ0) is 19.1. The van der Waals surface area contributed by atoms with Gasteiger partial charge in [-0.25, -0.2) is 9.97 Å². The highest BCUT2D eigenvalue weighted by Crippen LogP contribution is 2.18. The predicted molar refractivity (Wildman–Crippen MR) is 115 cm³/mol. The number of anilines is 1. The summed E-state index contributed by atoms with van der Waals surface area (Å²) in [5.41, 5.74) is 6.79. The molecule has 2 rings (SSSR count). The molecule has 1 aliphatic rings. The van der Waals surface area contributed by atoms with Crippen molar-refractivity contribution in [3.63, 3.8) is 0 Å². The lowest BCUT2D eigenvalue weighted by atomic mass is 10.0. The fourth-order valence-corrected chi connectivity index (χ4v) is 2.87. The van der Waals surface area contributed by atoms with Crippen LogP contribution in [-0.2, 0) is 16.0 Å². The topological polar surface area (TPSA) is 113 Å². The number of aryl methyl sites for hydroxylation is 1. The second-order valence-electron chi connectivity index (χ2n) is 7.04. The van der Waals surface area contributed by atoms with Crippen LogP contribution in [0, 0.1) is 5.92 Å². The zero-order valence-electron chi connectivity index (χ0n) is 16.7. The van der Waals surface area contributed by atoms with Gasteiger partial charge in [0.2, 0.25) is 11.8 Å². The van der Waals surface area contributed by atoms with E-state index in [1.165, 1.54) is 0 Å². The summed E-state index contributed by atoms with van der Waals surface area (Å²) in [5.74, 6) is 0.512. The van der Waals surface area contributed by atoms with Crippen molar-refractivity contribution in [1.82, 2.24) is 20.6 Å². The molecule has 1 saturated heterocycles. The smallest absolute Gasteiger partial charge is 0.239 e. The maximum atomic E-state index is 12.0. The van der Waals surface area contributed by atoms with E-state index in [1.54, 1.807) is 6.33 Å². The van der Waals surface area contributed by atoms with Crippen LogP contribution in [0.3, 0.4) is 0 Å². The van der Waals surface area contributed by atoms with Gasteiger partial charge >= 0.3 is 0 Å². The van der Waals surface area contributed by atoms with Gasteiger partial charge < -0.3 is 21.3 Å². The first-order valence-corrected chi connectivity index (χ1v) is 9.29. The molecule has 160 valence electrons. The molecule has 0 saturated carbocycles. The van der Waals surface area contributed by atoms with E-state index in [4.69, 9.17) is 5.73 Å². The minimum absolute atomic E-state index is 0. The number of aromatic nitrogens is 2. The number of carbonyl (C=O) groups is 2. The van der Waals surface area contributed by atoms with Crippen LogP contribution in [0.4, 0.5) is 5.82 Å². The number of nitrogens with zero attached hydrogens (tertiary/aromatic N) is 3. The first-order valence-electron chi connectivity index (χ1n) is 9.29. The highest BCUT2D eigenvalue weighted by atomic mass is 35.5. The third kappa shape index (κ3) is 7.77. The highest BCUT2D eigenvalue weighted by molar-refractivity contribution is 5.87. The minimum Gasteiger partial charge on any atom is -0.356 e. The largest absolute Gasteiger partial charge is 0.356 e. The highest BCUT2D eigenvalue weighted by Gasteiger charge is 2.22. The zero-order valence-corrected chi connectivity index (χ0v) is 18.3. The van der Waals surface area contributed by atoms with Gasteiger partial charge in [0, 0.05) is 30.9 Å². The van der Waals surface area contributed by atoms with Crippen molar-refractivity contribution in [1.29, 1.82) is 0 Å². The summed E-state index contributed by atoms with van der Waals surface area (Å²) in [6.45, 7) is 7.44. The fourth-order valence-electron chi connectivity index (χ4n) is 2.87. The third-order valence-electron chi connectivity index (χ3n) is 4.70. The average molecular weight is 435 g/mol. The Morgan fingerprint density at radius 1 is 1.25 bits per heavy atom. The Bertz CT molecular complexity index is 624. The number of rotatable bonds is 7. The molecule has 1 atom stereocenters. The van der Waals surface area contributed by atoms with Crippen LogP contribution in [0.25, 0.3) is 0 Å². The average Bonchev–Trinajstić information content (AvgIpc) is 2.66. The Balaban J connectivity index is 0.00000364. The number of hydrogen-bond acceptors (Lipinski definition) is 6. The molecule has 8 nitrogen and oxygen atoms in total. The van der Waals surface area contributed by atoms with Crippen LogP contribution in [0.2, 0.25) is 0 Å². The van der Waals surface area contributed by atoms with Crippen molar-refractivity contribution in [3.05, 3.63) is 18.1 Å². The van der Waals surface area contributed by atoms with Gasteiger partial charge in [0.15, 0.2) is 0 Å². The van der Waals surface area contributed by atoms with Crippen molar-refractivity contribution in [3.8, 4) is 0 Å². The number of carbonyl (C=O) groups excluding carboxylic acids is 2. The van der Waals surface area contributed by atoms with E-state index >= 15 is 0 Å². The number of hydrogen-bond donors (Lipinski definition) is 3. The predicted octanol–water partition coefficient (Wildman–Crippen LogP) is 1.07. The Labute approximate surface area is 179 Å². The molecule has 0 aliphatic carbocycles. The summed E-state index contributed by atoms with van der Waals surface area (Å²) in [5, 5.41) is 5.58. The molecule has 1 aromatic rings. The number of amides is 2. The number of nitrogens with one attached hydrogen (secondary N) is 2. The van der Waals surface area contributed by atoms with E-state index < -0.39 is 6.04 Å². The van der Waals surface area contributed by atoms with Crippen LogP contribution in [-0.4, -0.2) is 53.5 Å². The number of nitrogens with two attached hydrogens (primary N) is 1. The molecular formula is C18H32Cl2N6O2. The lowest BCUT2D eigenvalue weighted by Gasteiger charge is -2.33. The molecule has 1 aliphatic heterocycles. The van der Waals surface area contributed by atoms with Gasteiger partial charge in [0.05, 0.1) is 12.6 Å². The molecule has 28 heavy (non-hydrogen) atoms. The van der Waals surface area contributed by atoms with Gasteiger partial charge in [-0.15, -0.1) is 24.8 Å². The molecule has 4 N–H and O–H groups in total. The molecule has 0 spiro atoms. The summed E-state index contributed by atoms with van der Waals surface area (Å²) in [6.07, 6.45) is 4.17. The molecule has 0 bridgehead atoms. The second-order valence-corrected chi connectivity index (χ2v) is 7.04. The van der Waals surface area contributed by atoms with E-state index in [2.05, 4.69) is 32.4 Å². The Hall–Kier alpha value is -1.64. The molecular weight excluding hydrogens is 403 g/mol. The van der Waals surface area contributed by atoms with Gasteiger partial charge in [0.1, 0.15) is 12.1 Å².